The van der Waals surface area contributed by atoms with Gasteiger partial charge in [-0.3, -0.25) is 4.90 Å². The Morgan fingerprint density at radius 2 is 1.64 bits per heavy atom. The van der Waals surface area contributed by atoms with Gasteiger partial charge < -0.3 is 14.6 Å². The summed E-state index contributed by atoms with van der Waals surface area (Å²) in [5.74, 6) is 0.0518. The molecule has 5 nitrogen and oxygen atoms in total. The molecule has 0 bridgehead atoms. The number of halogens is 1. The van der Waals surface area contributed by atoms with Crippen molar-refractivity contribution in [3.8, 4) is 5.75 Å². The number of esters is 1. The molecule has 0 aliphatic heterocycles. The zero-order chi connectivity index (χ0) is 22.5. The molecule has 3 aromatic carbocycles. The summed E-state index contributed by atoms with van der Waals surface area (Å²) in [5, 5.41) is 11.2. The third kappa shape index (κ3) is 5.56. The molecule has 1 aliphatic carbocycles. The average Bonchev–Trinajstić information content (AvgIpc) is 2.83. The molecule has 2 atom stereocenters. The van der Waals surface area contributed by atoms with E-state index in [9.17, 15) is 9.90 Å². The number of nitrogens with zero attached hydrogens (tertiary/aromatic N) is 1. The van der Waals surface area contributed by atoms with E-state index in [0.29, 0.717) is 24.3 Å². The maximum Gasteiger partial charge on any atom is 0.341 e. The van der Waals surface area contributed by atoms with E-state index >= 15 is 0 Å². The van der Waals surface area contributed by atoms with Crippen molar-refractivity contribution in [1.29, 1.82) is 0 Å². The van der Waals surface area contributed by atoms with Crippen molar-refractivity contribution in [3.05, 3.63) is 101 Å². The first-order valence-electron chi connectivity index (χ1n) is 10.9. The second-order valence-corrected chi connectivity index (χ2v) is 8.22. The van der Waals surface area contributed by atoms with Crippen LogP contribution in [-0.4, -0.2) is 36.2 Å². The van der Waals surface area contributed by atoms with Gasteiger partial charge in [-0.1, -0.05) is 66.7 Å². The quantitative estimate of drug-likeness (QED) is 0.498. The van der Waals surface area contributed by atoms with Crippen molar-refractivity contribution in [2.75, 3.05) is 14.2 Å². The number of ether oxygens (including phenoxy) is 2. The van der Waals surface area contributed by atoms with E-state index in [2.05, 4.69) is 17.0 Å². The third-order valence-corrected chi connectivity index (χ3v) is 6.15. The Labute approximate surface area is 201 Å². The summed E-state index contributed by atoms with van der Waals surface area (Å²) in [7, 11) is 3.41. The molecule has 0 heterocycles. The standard InChI is InChI=1S/C27H29NO4.ClH/c1-28(17-19-9-5-3-6-10-19)23-15-13-21-22(26(23)29)14-16-24(25(21)27(30)31-2)32-18-20-11-7-4-8-12-20;/h3-12,14,16,23,26,29H,13,15,17-18H2,1-2H3;1H/t23-,26+;/m0./s1. The van der Waals surface area contributed by atoms with Crippen LogP contribution in [0, 0.1) is 0 Å². The molecule has 0 fully saturated rings. The minimum absolute atomic E-state index is 0. The summed E-state index contributed by atoms with van der Waals surface area (Å²) in [6, 6.07) is 23.7. The molecule has 0 amide bonds. The third-order valence-electron chi connectivity index (χ3n) is 6.15. The van der Waals surface area contributed by atoms with Crippen molar-refractivity contribution in [3.63, 3.8) is 0 Å². The van der Waals surface area contributed by atoms with Crippen LogP contribution >= 0.6 is 12.4 Å². The van der Waals surface area contributed by atoms with E-state index in [-0.39, 0.29) is 18.4 Å². The van der Waals surface area contributed by atoms with Crippen LogP contribution in [0.1, 0.15) is 45.1 Å². The number of hydrogen-bond acceptors (Lipinski definition) is 5. The number of benzene rings is 3. The maximum atomic E-state index is 12.7. The van der Waals surface area contributed by atoms with E-state index < -0.39 is 12.1 Å². The molecular weight excluding hydrogens is 438 g/mol. The Morgan fingerprint density at radius 3 is 2.27 bits per heavy atom. The first-order valence-corrected chi connectivity index (χ1v) is 10.9. The first-order chi connectivity index (χ1) is 15.6. The molecule has 0 saturated heterocycles. The lowest BCUT2D eigenvalue weighted by Crippen LogP contribution is -2.40. The number of likely N-dealkylation sites (N-methyl/N-ethyl adjacent to an activating group) is 1. The van der Waals surface area contributed by atoms with Crippen LogP contribution in [0.2, 0.25) is 0 Å². The maximum absolute atomic E-state index is 12.7. The molecule has 174 valence electrons. The van der Waals surface area contributed by atoms with Gasteiger partial charge in [-0.05, 0) is 48.2 Å². The highest BCUT2D eigenvalue weighted by Crippen LogP contribution is 2.38. The number of carbonyl (C=O) groups is 1. The number of aliphatic hydroxyl groups is 1. The smallest absolute Gasteiger partial charge is 0.341 e. The molecular formula is C27H30ClNO4. The van der Waals surface area contributed by atoms with Crippen molar-refractivity contribution >= 4 is 18.4 Å². The minimum atomic E-state index is -0.695. The van der Waals surface area contributed by atoms with E-state index in [1.165, 1.54) is 12.7 Å². The molecule has 0 radical (unpaired) electrons. The molecule has 1 aliphatic rings. The second-order valence-electron chi connectivity index (χ2n) is 8.22. The van der Waals surface area contributed by atoms with Gasteiger partial charge in [0.15, 0.2) is 0 Å². The number of aliphatic hydroxyl groups excluding tert-OH is 1. The van der Waals surface area contributed by atoms with Crippen molar-refractivity contribution in [2.24, 2.45) is 0 Å². The van der Waals surface area contributed by atoms with Crippen LogP contribution in [0.15, 0.2) is 72.8 Å². The van der Waals surface area contributed by atoms with Gasteiger partial charge in [-0.15, -0.1) is 12.4 Å². The molecule has 3 aromatic rings. The average molecular weight is 468 g/mol. The van der Waals surface area contributed by atoms with Crippen molar-refractivity contribution < 1.29 is 19.4 Å². The van der Waals surface area contributed by atoms with E-state index in [4.69, 9.17) is 9.47 Å². The lowest BCUT2D eigenvalue weighted by Gasteiger charge is -2.37. The fourth-order valence-corrected chi connectivity index (χ4v) is 4.48. The normalized spacial score (nSPS) is 17.1. The van der Waals surface area contributed by atoms with Gasteiger partial charge in [0.05, 0.1) is 13.2 Å². The number of fused-ring (bicyclic) bond motifs is 1. The molecule has 0 saturated carbocycles. The molecule has 0 aromatic heterocycles. The molecule has 4 rings (SSSR count). The zero-order valence-electron chi connectivity index (χ0n) is 18.9. The van der Waals surface area contributed by atoms with Crippen LogP contribution in [0.3, 0.4) is 0 Å². The molecule has 6 heteroatoms. The molecule has 33 heavy (non-hydrogen) atoms. The topological polar surface area (TPSA) is 59.0 Å². The lowest BCUT2D eigenvalue weighted by atomic mass is 9.82. The monoisotopic (exact) mass is 467 g/mol. The van der Waals surface area contributed by atoms with Gasteiger partial charge in [0.25, 0.3) is 0 Å². The lowest BCUT2D eigenvalue weighted by molar-refractivity contribution is 0.0450. The summed E-state index contributed by atoms with van der Waals surface area (Å²) in [5.41, 5.74) is 4.23. The number of methoxy groups -OCH3 is 1. The number of rotatable bonds is 7. The Kier molecular flexibility index (Phi) is 8.50. The van der Waals surface area contributed by atoms with E-state index in [1.807, 2.05) is 61.6 Å². The SMILES string of the molecule is COC(=O)c1c(OCc2ccccc2)ccc2c1CC[C@H](N(C)Cc1ccccc1)[C@@H]2O.Cl. The Bertz CT molecular complexity index is 1060. The summed E-state index contributed by atoms with van der Waals surface area (Å²) >= 11 is 0. The highest BCUT2D eigenvalue weighted by Gasteiger charge is 2.34. The van der Waals surface area contributed by atoms with Gasteiger partial charge in [0.2, 0.25) is 0 Å². The first kappa shape index (κ1) is 24.8. The second kappa shape index (κ2) is 11.3. The van der Waals surface area contributed by atoms with Crippen LogP contribution < -0.4 is 4.74 Å². The fourth-order valence-electron chi connectivity index (χ4n) is 4.48. The summed E-state index contributed by atoms with van der Waals surface area (Å²) in [4.78, 5) is 14.9. The van der Waals surface area contributed by atoms with Crippen LogP contribution in [-0.2, 0) is 24.3 Å². The predicted octanol–water partition coefficient (Wildman–Crippen LogP) is 4.95. The van der Waals surface area contributed by atoms with Crippen molar-refractivity contribution in [1.82, 2.24) is 4.90 Å². The Hall–Kier alpha value is -2.86. The van der Waals surface area contributed by atoms with Gasteiger partial charge in [-0.2, -0.15) is 0 Å². The van der Waals surface area contributed by atoms with Crippen molar-refractivity contribution in [2.45, 2.75) is 38.1 Å². The van der Waals surface area contributed by atoms with Crippen LogP contribution in [0.25, 0.3) is 0 Å². The van der Waals surface area contributed by atoms with Gasteiger partial charge in [0, 0.05) is 12.6 Å². The van der Waals surface area contributed by atoms with Gasteiger partial charge in [-0.25, -0.2) is 4.79 Å². The highest BCUT2D eigenvalue weighted by molar-refractivity contribution is 5.94. The highest BCUT2D eigenvalue weighted by atomic mass is 35.5. The fraction of sp³-hybridized carbons (Fsp3) is 0.296. The Morgan fingerprint density at radius 1 is 1.00 bits per heavy atom. The number of carbonyl (C=O) groups excluding carboxylic acids is 1. The van der Waals surface area contributed by atoms with Crippen LogP contribution in [0.5, 0.6) is 5.75 Å². The molecule has 0 spiro atoms. The van der Waals surface area contributed by atoms with E-state index in [1.54, 1.807) is 6.07 Å². The summed E-state index contributed by atoms with van der Waals surface area (Å²) in [6.07, 6.45) is 0.714. The predicted molar refractivity (Wildman–Crippen MR) is 131 cm³/mol. The number of hydrogen-bond donors (Lipinski definition) is 1. The van der Waals surface area contributed by atoms with Gasteiger partial charge in [0.1, 0.15) is 17.9 Å². The van der Waals surface area contributed by atoms with Gasteiger partial charge >= 0.3 is 5.97 Å². The van der Waals surface area contributed by atoms with Crippen LogP contribution in [0.4, 0.5) is 0 Å². The largest absolute Gasteiger partial charge is 0.488 e. The summed E-state index contributed by atoms with van der Waals surface area (Å²) < 4.78 is 11.1. The molecule has 1 N–H and O–H groups in total. The Balaban J connectivity index is 0.00000306. The molecule has 0 unspecified atom stereocenters. The van der Waals surface area contributed by atoms with E-state index in [0.717, 1.165) is 29.7 Å². The zero-order valence-corrected chi connectivity index (χ0v) is 19.8. The minimum Gasteiger partial charge on any atom is -0.488 e. The summed E-state index contributed by atoms with van der Waals surface area (Å²) in [6.45, 7) is 1.11.